The van der Waals surface area contributed by atoms with Crippen LogP contribution in [-0.2, 0) is 25.6 Å². The van der Waals surface area contributed by atoms with Crippen molar-refractivity contribution in [2.24, 2.45) is 23.2 Å². The van der Waals surface area contributed by atoms with Gasteiger partial charge >= 0.3 is 0 Å². The molecule has 0 spiro atoms. The number of ether oxygens (including phenoxy) is 4. The van der Waals surface area contributed by atoms with Crippen LogP contribution < -0.4 is 20.3 Å². The molecule has 0 radical (unpaired) electrons. The lowest BCUT2D eigenvalue weighted by molar-refractivity contribution is -0.130. The third-order valence-corrected chi connectivity index (χ3v) is 8.72. The summed E-state index contributed by atoms with van der Waals surface area (Å²) in [5.74, 6) is 3.10. The second kappa shape index (κ2) is 11.9. The van der Waals surface area contributed by atoms with Crippen molar-refractivity contribution in [2.45, 2.75) is 58.3 Å². The first kappa shape index (κ1) is 26.7. The summed E-state index contributed by atoms with van der Waals surface area (Å²) < 4.78 is 22.9. The van der Waals surface area contributed by atoms with Crippen LogP contribution in [0.4, 0.5) is 5.69 Å². The highest BCUT2D eigenvalue weighted by Gasteiger charge is 2.53. The number of nitrogens with one attached hydrogen (secondary N) is 2. The molecule has 8 heteroatoms. The zero-order chi connectivity index (χ0) is 25.8. The number of rotatable bonds is 12. The minimum Gasteiger partial charge on any atom is -0.490 e. The molecule has 2 saturated heterocycles. The van der Waals surface area contributed by atoms with Crippen LogP contribution in [0.1, 0.15) is 45.1 Å². The van der Waals surface area contributed by atoms with Crippen molar-refractivity contribution in [3.05, 3.63) is 23.8 Å². The largest absolute Gasteiger partial charge is 0.490 e. The third-order valence-electron chi connectivity index (χ3n) is 8.72. The van der Waals surface area contributed by atoms with Gasteiger partial charge in [-0.05, 0) is 61.1 Å². The molecule has 4 atom stereocenters. The Balaban J connectivity index is 1.03. The summed E-state index contributed by atoms with van der Waals surface area (Å²) in [5, 5.41) is 6.87. The zero-order valence-corrected chi connectivity index (χ0v) is 22.8. The molecule has 3 fully saturated rings. The summed E-state index contributed by atoms with van der Waals surface area (Å²) in [5.41, 5.74) is 1.95. The lowest BCUT2D eigenvalue weighted by Crippen LogP contribution is -2.47. The second-order valence-corrected chi connectivity index (χ2v) is 11.9. The first-order valence-corrected chi connectivity index (χ1v) is 14.2. The monoisotopic (exact) mass is 515 g/mol. The standard InChI is InChI=1S/C29H45N3O5/c1-29(2,28(33)31-16-23-24-18-35-19-25(23)24)14-21-6-7-22(15-30-21)37-17-20-5-8-27-26(13-20)32(10-12-36-27)9-4-11-34-3/h5,8,13,21-25,30H,4,6-7,9-12,14-19H2,1-3H3,(H,31,33)/t21-,22+,23?,24?,25?/m0/s1. The number of fused-ring (bicyclic) bond motifs is 2. The van der Waals surface area contributed by atoms with Crippen LogP contribution in [0.3, 0.4) is 0 Å². The van der Waals surface area contributed by atoms with Gasteiger partial charge in [0.15, 0.2) is 0 Å². The Morgan fingerprint density at radius 1 is 1.24 bits per heavy atom. The maximum atomic E-state index is 12.9. The van der Waals surface area contributed by atoms with Gasteiger partial charge in [-0.15, -0.1) is 0 Å². The quantitative estimate of drug-likeness (QED) is 0.414. The van der Waals surface area contributed by atoms with Crippen molar-refractivity contribution in [3.8, 4) is 5.75 Å². The second-order valence-electron chi connectivity index (χ2n) is 11.9. The molecule has 0 bridgehead atoms. The van der Waals surface area contributed by atoms with E-state index in [0.29, 0.717) is 30.4 Å². The van der Waals surface area contributed by atoms with Gasteiger partial charge in [0.05, 0.1) is 38.2 Å². The third kappa shape index (κ3) is 6.59. The minimum atomic E-state index is -0.383. The summed E-state index contributed by atoms with van der Waals surface area (Å²) in [7, 11) is 1.75. The molecular formula is C29H45N3O5. The summed E-state index contributed by atoms with van der Waals surface area (Å²) in [6.45, 7) is 11.5. The maximum absolute atomic E-state index is 12.9. The molecule has 3 heterocycles. The number of carbonyl (C=O) groups excluding carboxylic acids is 1. The number of amides is 1. The summed E-state index contributed by atoms with van der Waals surface area (Å²) in [6, 6.07) is 6.74. The number of hydrogen-bond donors (Lipinski definition) is 2. The molecule has 5 rings (SSSR count). The van der Waals surface area contributed by atoms with Gasteiger partial charge in [0.2, 0.25) is 5.91 Å². The van der Waals surface area contributed by atoms with Gasteiger partial charge in [0.1, 0.15) is 12.4 Å². The SMILES string of the molecule is COCCCN1CCOc2ccc(CO[C@@H]3CC[C@@H](CC(C)(C)C(=O)NCC4C5COCC45)NC3)cc21. The molecule has 1 aromatic rings. The van der Waals surface area contributed by atoms with E-state index in [1.54, 1.807) is 7.11 Å². The molecule has 0 aromatic heterocycles. The van der Waals surface area contributed by atoms with E-state index in [9.17, 15) is 4.79 Å². The first-order chi connectivity index (χ1) is 17.9. The van der Waals surface area contributed by atoms with E-state index in [1.807, 2.05) is 0 Å². The fourth-order valence-corrected chi connectivity index (χ4v) is 6.28. The van der Waals surface area contributed by atoms with Gasteiger partial charge in [-0.1, -0.05) is 19.9 Å². The van der Waals surface area contributed by atoms with Crippen molar-refractivity contribution < 1.29 is 23.7 Å². The van der Waals surface area contributed by atoms with E-state index in [4.69, 9.17) is 18.9 Å². The number of anilines is 1. The number of piperidine rings is 1. The summed E-state index contributed by atoms with van der Waals surface area (Å²) in [4.78, 5) is 15.3. The van der Waals surface area contributed by atoms with Gasteiger partial charge in [-0.2, -0.15) is 0 Å². The minimum absolute atomic E-state index is 0.172. The molecule has 1 aliphatic carbocycles. The number of nitrogens with zero attached hydrogens (tertiary/aromatic N) is 1. The Bertz CT molecular complexity index is 907. The van der Waals surface area contributed by atoms with Crippen LogP contribution >= 0.6 is 0 Å². The molecule has 37 heavy (non-hydrogen) atoms. The lowest BCUT2D eigenvalue weighted by Gasteiger charge is -2.35. The highest BCUT2D eigenvalue weighted by molar-refractivity contribution is 5.81. The van der Waals surface area contributed by atoms with Gasteiger partial charge < -0.3 is 34.5 Å². The van der Waals surface area contributed by atoms with Gasteiger partial charge in [-0.3, -0.25) is 4.79 Å². The van der Waals surface area contributed by atoms with E-state index < -0.39 is 0 Å². The van der Waals surface area contributed by atoms with Crippen LogP contribution in [0.2, 0.25) is 0 Å². The van der Waals surface area contributed by atoms with Crippen molar-refractivity contribution in [1.82, 2.24) is 10.6 Å². The summed E-state index contributed by atoms with van der Waals surface area (Å²) >= 11 is 0. The maximum Gasteiger partial charge on any atom is 0.225 e. The first-order valence-electron chi connectivity index (χ1n) is 14.2. The fourth-order valence-electron chi connectivity index (χ4n) is 6.28. The average molecular weight is 516 g/mol. The van der Waals surface area contributed by atoms with Crippen LogP contribution in [0, 0.1) is 23.2 Å². The Kier molecular flexibility index (Phi) is 8.59. The highest BCUT2D eigenvalue weighted by Crippen LogP contribution is 2.50. The smallest absolute Gasteiger partial charge is 0.225 e. The predicted molar refractivity (Wildman–Crippen MR) is 143 cm³/mol. The molecule has 8 nitrogen and oxygen atoms in total. The average Bonchev–Trinajstić information content (AvgIpc) is 3.32. The molecule has 3 aliphatic heterocycles. The van der Waals surface area contributed by atoms with E-state index >= 15 is 0 Å². The Labute approximate surface area is 221 Å². The van der Waals surface area contributed by atoms with Gasteiger partial charge in [-0.25, -0.2) is 0 Å². The van der Waals surface area contributed by atoms with Crippen molar-refractivity contribution in [2.75, 3.05) is 64.6 Å². The van der Waals surface area contributed by atoms with Crippen molar-refractivity contribution >= 4 is 11.6 Å². The normalized spacial score (nSPS) is 28.8. The van der Waals surface area contributed by atoms with E-state index in [1.165, 1.54) is 5.56 Å². The number of methoxy groups -OCH3 is 1. The molecule has 206 valence electrons. The number of carbonyl (C=O) groups is 1. The van der Waals surface area contributed by atoms with Crippen molar-refractivity contribution in [1.29, 1.82) is 0 Å². The molecule has 2 unspecified atom stereocenters. The Morgan fingerprint density at radius 3 is 2.84 bits per heavy atom. The van der Waals surface area contributed by atoms with Crippen molar-refractivity contribution in [3.63, 3.8) is 0 Å². The summed E-state index contributed by atoms with van der Waals surface area (Å²) in [6.07, 6.45) is 4.07. The van der Waals surface area contributed by atoms with Crippen LogP contribution in [0.25, 0.3) is 0 Å². The van der Waals surface area contributed by atoms with Crippen LogP contribution in [-0.4, -0.2) is 77.8 Å². The Morgan fingerprint density at radius 2 is 2.08 bits per heavy atom. The molecule has 1 amide bonds. The molecule has 2 N–H and O–H groups in total. The molecular weight excluding hydrogens is 470 g/mol. The van der Waals surface area contributed by atoms with E-state index in [0.717, 1.165) is 89.7 Å². The fraction of sp³-hybridized carbons (Fsp3) is 0.759. The topological polar surface area (TPSA) is 81.3 Å². The lowest BCUT2D eigenvalue weighted by atomic mass is 9.82. The zero-order valence-electron chi connectivity index (χ0n) is 22.8. The van der Waals surface area contributed by atoms with Gasteiger partial charge in [0.25, 0.3) is 0 Å². The van der Waals surface area contributed by atoms with E-state index in [2.05, 4.69) is 47.6 Å². The predicted octanol–water partition coefficient (Wildman–Crippen LogP) is 2.98. The highest BCUT2D eigenvalue weighted by atomic mass is 16.5. The molecule has 4 aliphatic rings. The van der Waals surface area contributed by atoms with Crippen LogP contribution in [0.15, 0.2) is 18.2 Å². The van der Waals surface area contributed by atoms with E-state index in [-0.39, 0.29) is 17.4 Å². The number of hydrogen-bond acceptors (Lipinski definition) is 7. The molecule has 1 aromatic carbocycles. The Hall–Kier alpha value is -1.87. The molecule has 1 saturated carbocycles. The van der Waals surface area contributed by atoms with Gasteiger partial charge in [0, 0.05) is 44.8 Å². The van der Waals surface area contributed by atoms with Crippen LogP contribution in [0.5, 0.6) is 5.75 Å². The number of benzene rings is 1.